The second kappa shape index (κ2) is 16.1. The molecule has 0 aliphatic heterocycles. The SMILES string of the molecule is O=S(=O)(O)c1ccc(Nc2nc(Cc3ccc(Nc4nc(Nc5ccccc5)nc(Nc5cccc(S(=O)(=O)O)c5)n4)cc3)nc(Nc3ccccc3)n2)cc1. The first-order chi connectivity index (χ1) is 26.9. The molecule has 7 N–H and O–H groups in total. The van der Waals surface area contributed by atoms with Crippen LogP contribution in [0.4, 0.5) is 58.2 Å². The number of nitrogens with one attached hydrogen (secondary N) is 5. The van der Waals surface area contributed by atoms with E-state index in [2.05, 4.69) is 56.5 Å². The molecule has 0 spiro atoms. The van der Waals surface area contributed by atoms with Crippen LogP contribution in [0.25, 0.3) is 0 Å². The molecule has 0 saturated carbocycles. The molecule has 0 fully saturated rings. The predicted molar refractivity (Wildman–Crippen MR) is 211 cm³/mol. The van der Waals surface area contributed by atoms with E-state index in [-0.39, 0.29) is 39.5 Å². The van der Waals surface area contributed by atoms with Gasteiger partial charge in [-0.2, -0.15) is 46.7 Å². The number of para-hydroxylation sites is 2. The molecule has 7 rings (SSSR count). The van der Waals surface area contributed by atoms with Gasteiger partial charge in [0.15, 0.2) is 0 Å². The first-order valence-electron chi connectivity index (χ1n) is 16.6. The number of hydrogen-bond donors (Lipinski definition) is 7. The molecule has 0 radical (unpaired) electrons. The van der Waals surface area contributed by atoms with Crippen LogP contribution in [0.5, 0.6) is 0 Å². The Bertz CT molecular complexity index is 2690. The van der Waals surface area contributed by atoms with E-state index in [1.54, 1.807) is 6.07 Å². The average molecular weight is 790 g/mol. The van der Waals surface area contributed by atoms with Crippen molar-refractivity contribution in [1.82, 2.24) is 29.9 Å². The number of hydrogen-bond acceptors (Lipinski definition) is 15. The highest BCUT2D eigenvalue weighted by Crippen LogP contribution is 2.24. The van der Waals surface area contributed by atoms with Gasteiger partial charge in [-0.1, -0.05) is 54.6 Å². The lowest BCUT2D eigenvalue weighted by molar-refractivity contribution is 0.481. The normalized spacial score (nSPS) is 11.4. The lowest BCUT2D eigenvalue weighted by Gasteiger charge is -2.12. The lowest BCUT2D eigenvalue weighted by Crippen LogP contribution is -2.08. The number of anilines is 10. The van der Waals surface area contributed by atoms with Crippen molar-refractivity contribution >= 4 is 78.4 Å². The molecule has 282 valence electrons. The molecular formula is C37H31N11O6S2. The highest BCUT2D eigenvalue weighted by Gasteiger charge is 2.14. The Balaban J connectivity index is 1.12. The van der Waals surface area contributed by atoms with Crippen molar-refractivity contribution in [3.63, 3.8) is 0 Å². The zero-order valence-corrected chi connectivity index (χ0v) is 30.6. The maximum absolute atomic E-state index is 11.7. The van der Waals surface area contributed by atoms with Crippen LogP contribution < -0.4 is 26.6 Å². The molecule has 7 aromatic rings. The largest absolute Gasteiger partial charge is 0.324 e. The number of nitrogens with zero attached hydrogens (tertiary/aromatic N) is 6. The number of aromatic nitrogens is 6. The molecule has 0 aliphatic rings. The summed E-state index contributed by atoms with van der Waals surface area (Å²) in [4.78, 5) is 26.6. The van der Waals surface area contributed by atoms with Crippen molar-refractivity contribution in [2.45, 2.75) is 16.2 Å². The fourth-order valence-corrected chi connectivity index (χ4v) is 6.18. The molecule has 0 atom stereocenters. The summed E-state index contributed by atoms with van der Waals surface area (Å²) in [7, 11) is -8.79. The summed E-state index contributed by atoms with van der Waals surface area (Å²) in [6.07, 6.45) is 0.316. The van der Waals surface area contributed by atoms with Gasteiger partial charge < -0.3 is 26.6 Å². The third-order valence-corrected chi connectivity index (χ3v) is 9.46. The van der Waals surface area contributed by atoms with Gasteiger partial charge in [0.2, 0.25) is 29.7 Å². The van der Waals surface area contributed by atoms with E-state index in [1.807, 2.05) is 84.9 Å². The molecule has 19 heteroatoms. The van der Waals surface area contributed by atoms with Crippen LogP contribution in [0.15, 0.2) is 143 Å². The van der Waals surface area contributed by atoms with Gasteiger partial charge >= 0.3 is 0 Å². The van der Waals surface area contributed by atoms with E-state index in [0.717, 1.165) is 16.9 Å². The van der Waals surface area contributed by atoms with E-state index in [1.165, 1.54) is 42.5 Å². The Morgan fingerprint density at radius 2 is 0.768 bits per heavy atom. The van der Waals surface area contributed by atoms with E-state index >= 15 is 0 Å². The fraction of sp³-hybridized carbons (Fsp3) is 0.0270. The maximum Gasteiger partial charge on any atom is 0.294 e. The van der Waals surface area contributed by atoms with Crippen molar-refractivity contribution in [2.24, 2.45) is 0 Å². The Morgan fingerprint density at radius 3 is 1.21 bits per heavy atom. The molecular weight excluding hydrogens is 759 g/mol. The van der Waals surface area contributed by atoms with E-state index in [9.17, 15) is 25.9 Å². The van der Waals surface area contributed by atoms with E-state index in [4.69, 9.17) is 0 Å². The van der Waals surface area contributed by atoms with Gasteiger partial charge in [0.1, 0.15) is 5.82 Å². The third kappa shape index (κ3) is 10.1. The monoisotopic (exact) mass is 789 g/mol. The van der Waals surface area contributed by atoms with Crippen LogP contribution in [0.3, 0.4) is 0 Å². The standard InChI is InChI=1S/C37H31N11O6S2/c49-55(50,51)30-20-18-28(19-21-30)40-34-44-32(43-33(45-34)38-25-8-3-1-4-9-25)22-24-14-16-27(17-15-24)41-36-46-35(39-26-10-5-2-6-11-26)47-37(48-36)42-29-12-7-13-31(23-29)56(52,53)54/h1-21,23H,22H2,(H,49,50,51)(H,52,53,54)(H2,38,40,43,44,45)(H3,39,41,42,46,47,48). The molecule has 2 aromatic heterocycles. The van der Waals surface area contributed by atoms with E-state index in [0.29, 0.717) is 29.3 Å². The van der Waals surface area contributed by atoms with Crippen molar-refractivity contribution in [2.75, 3.05) is 26.6 Å². The highest BCUT2D eigenvalue weighted by atomic mass is 32.2. The maximum atomic E-state index is 11.7. The zero-order valence-electron chi connectivity index (χ0n) is 28.9. The molecule has 0 unspecified atom stereocenters. The van der Waals surface area contributed by atoms with Crippen LogP contribution in [-0.4, -0.2) is 55.8 Å². The minimum atomic E-state index is -4.43. The third-order valence-electron chi connectivity index (χ3n) is 7.75. The first-order valence-corrected chi connectivity index (χ1v) is 19.5. The van der Waals surface area contributed by atoms with Crippen LogP contribution in [0, 0.1) is 0 Å². The van der Waals surface area contributed by atoms with Gasteiger partial charge in [0.25, 0.3) is 20.2 Å². The lowest BCUT2D eigenvalue weighted by atomic mass is 10.1. The number of benzene rings is 5. The van der Waals surface area contributed by atoms with Gasteiger partial charge in [0, 0.05) is 34.9 Å². The predicted octanol–water partition coefficient (Wildman–Crippen LogP) is 6.86. The minimum absolute atomic E-state index is 0.0959. The van der Waals surface area contributed by atoms with E-state index < -0.39 is 20.2 Å². The average Bonchev–Trinajstić information content (AvgIpc) is 3.16. The minimum Gasteiger partial charge on any atom is -0.324 e. The van der Waals surface area contributed by atoms with Crippen LogP contribution >= 0.6 is 0 Å². The Kier molecular flexibility index (Phi) is 10.7. The fourth-order valence-electron chi connectivity index (χ4n) is 5.18. The van der Waals surface area contributed by atoms with Gasteiger partial charge in [0.05, 0.1) is 9.79 Å². The van der Waals surface area contributed by atoms with Crippen LogP contribution in [-0.2, 0) is 26.7 Å². The Labute approximate surface area is 320 Å². The van der Waals surface area contributed by atoms with Crippen molar-refractivity contribution in [3.05, 3.63) is 145 Å². The molecule has 0 saturated heterocycles. The summed E-state index contributed by atoms with van der Waals surface area (Å²) in [5.41, 5.74) is 3.79. The molecule has 0 amide bonds. The van der Waals surface area contributed by atoms with Crippen molar-refractivity contribution < 1.29 is 25.9 Å². The number of rotatable bonds is 14. The smallest absolute Gasteiger partial charge is 0.294 e. The molecule has 5 aromatic carbocycles. The summed E-state index contributed by atoms with van der Waals surface area (Å²) in [6, 6.07) is 37.1. The first kappa shape index (κ1) is 37.3. The second-order valence-electron chi connectivity index (χ2n) is 11.9. The molecule has 17 nitrogen and oxygen atoms in total. The van der Waals surface area contributed by atoms with Crippen molar-refractivity contribution in [3.8, 4) is 0 Å². The van der Waals surface area contributed by atoms with Gasteiger partial charge in [-0.3, -0.25) is 9.11 Å². The molecule has 56 heavy (non-hydrogen) atoms. The Morgan fingerprint density at radius 1 is 0.393 bits per heavy atom. The second-order valence-corrected chi connectivity index (χ2v) is 14.8. The molecule has 0 bridgehead atoms. The zero-order chi connectivity index (χ0) is 39.1. The Hall–Kier alpha value is -7.06. The van der Waals surface area contributed by atoms with Crippen molar-refractivity contribution in [1.29, 1.82) is 0 Å². The summed E-state index contributed by atoms with van der Waals surface area (Å²) in [6.45, 7) is 0. The topological polar surface area (TPSA) is 246 Å². The summed E-state index contributed by atoms with van der Waals surface area (Å²) in [5.74, 6) is 1.38. The van der Waals surface area contributed by atoms with Crippen LogP contribution in [0.1, 0.15) is 11.4 Å². The molecule has 0 aliphatic carbocycles. The summed E-state index contributed by atoms with van der Waals surface area (Å²) in [5, 5.41) is 15.5. The van der Waals surface area contributed by atoms with Gasteiger partial charge in [-0.15, -0.1) is 0 Å². The molecule has 2 heterocycles. The highest BCUT2D eigenvalue weighted by molar-refractivity contribution is 7.86. The quantitative estimate of drug-likeness (QED) is 0.0556. The summed E-state index contributed by atoms with van der Waals surface area (Å²) < 4.78 is 65.2. The summed E-state index contributed by atoms with van der Waals surface area (Å²) >= 11 is 0. The van der Waals surface area contributed by atoms with Gasteiger partial charge in [-0.05, 0) is 84.4 Å². The van der Waals surface area contributed by atoms with Crippen LogP contribution in [0.2, 0.25) is 0 Å². The van der Waals surface area contributed by atoms with Gasteiger partial charge in [-0.25, -0.2) is 0 Å².